The van der Waals surface area contributed by atoms with Crippen molar-refractivity contribution in [3.63, 3.8) is 0 Å². The van der Waals surface area contributed by atoms with Crippen molar-refractivity contribution in [3.8, 4) is 6.07 Å². The Kier molecular flexibility index (Phi) is 8.09. The zero-order valence-corrected chi connectivity index (χ0v) is 17.8. The quantitative estimate of drug-likeness (QED) is 0.480. The first-order chi connectivity index (χ1) is 14.7. The Hall–Kier alpha value is -3.06. The summed E-state index contributed by atoms with van der Waals surface area (Å²) < 4.78 is 0. The minimum Gasteiger partial charge on any atom is -0.360 e. The van der Waals surface area contributed by atoms with E-state index in [1.54, 1.807) is 6.20 Å². The molecule has 1 aliphatic heterocycles. The molecule has 156 valence electrons. The van der Waals surface area contributed by atoms with Gasteiger partial charge in [-0.05, 0) is 61.3 Å². The first kappa shape index (κ1) is 21.6. The molecule has 1 heterocycles. The third-order valence-corrected chi connectivity index (χ3v) is 5.78. The second-order valence-corrected chi connectivity index (χ2v) is 8.04. The van der Waals surface area contributed by atoms with Gasteiger partial charge in [-0.3, -0.25) is 4.79 Å². The van der Waals surface area contributed by atoms with Crippen molar-refractivity contribution in [1.29, 1.82) is 5.26 Å². The van der Waals surface area contributed by atoms with Crippen LogP contribution in [0.2, 0.25) is 0 Å². The van der Waals surface area contributed by atoms with Crippen LogP contribution in [0.1, 0.15) is 43.7 Å². The highest BCUT2D eigenvalue weighted by Crippen LogP contribution is 2.22. The van der Waals surface area contributed by atoms with Gasteiger partial charge in [-0.2, -0.15) is 5.26 Å². The van der Waals surface area contributed by atoms with Gasteiger partial charge in [0.05, 0.1) is 0 Å². The summed E-state index contributed by atoms with van der Waals surface area (Å²) in [5.41, 5.74) is 3.70. The third-order valence-electron chi connectivity index (χ3n) is 5.78. The van der Waals surface area contributed by atoms with Crippen LogP contribution in [0.3, 0.4) is 0 Å². The smallest absolute Gasteiger partial charge is 0.266 e. The van der Waals surface area contributed by atoms with Gasteiger partial charge in [0.15, 0.2) is 0 Å². The van der Waals surface area contributed by atoms with Gasteiger partial charge in [0, 0.05) is 25.0 Å². The number of hydrogen-bond donors (Lipinski definition) is 1. The van der Waals surface area contributed by atoms with Crippen LogP contribution in [0, 0.1) is 17.2 Å². The third kappa shape index (κ3) is 6.22. The molecule has 0 saturated carbocycles. The van der Waals surface area contributed by atoms with Gasteiger partial charge < -0.3 is 10.2 Å². The number of benzene rings is 2. The van der Waals surface area contributed by atoms with E-state index in [-0.39, 0.29) is 11.5 Å². The number of carbonyl (C=O) groups excluding carboxylic acids is 1. The average molecular weight is 402 g/mol. The van der Waals surface area contributed by atoms with Crippen LogP contribution in [-0.2, 0) is 17.6 Å². The molecule has 0 aromatic heterocycles. The number of likely N-dealkylation sites (tertiary alicyclic amines) is 1. The van der Waals surface area contributed by atoms with E-state index < -0.39 is 0 Å². The summed E-state index contributed by atoms with van der Waals surface area (Å²) in [6.07, 6.45) is 7.99. The zero-order valence-electron chi connectivity index (χ0n) is 17.8. The van der Waals surface area contributed by atoms with E-state index in [2.05, 4.69) is 54.7 Å². The Labute approximate surface area is 180 Å². The van der Waals surface area contributed by atoms with E-state index >= 15 is 0 Å². The topological polar surface area (TPSA) is 56.1 Å². The molecule has 4 heteroatoms. The number of anilines is 1. The monoisotopic (exact) mass is 401 g/mol. The Morgan fingerprint density at radius 1 is 1.10 bits per heavy atom. The standard InChI is InChI=1S/C26H31N3O/c1-2-3-7-21-10-12-25(13-11-21)28-20-24(19-27)26(30)29-16-14-23(15-17-29)18-22-8-5-4-6-9-22/h4-6,8-13,20,23,28H,2-3,7,14-18H2,1H3/b24-20-. The molecule has 3 rings (SSSR count). The predicted molar refractivity (Wildman–Crippen MR) is 122 cm³/mol. The number of amides is 1. The van der Waals surface area contributed by atoms with Crippen molar-refractivity contribution in [1.82, 2.24) is 4.90 Å². The Morgan fingerprint density at radius 2 is 1.80 bits per heavy atom. The molecule has 2 aromatic rings. The highest BCUT2D eigenvalue weighted by atomic mass is 16.2. The molecule has 1 saturated heterocycles. The minimum absolute atomic E-state index is 0.159. The fourth-order valence-corrected chi connectivity index (χ4v) is 3.90. The molecular formula is C26H31N3O. The molecule has 0 radical (unpaired) electrons. The van der Waals surface area contributed by atoms with Crippen molar-refractivity contribution in [2.75, 3.05) is 18.4 Å². The summed E-state index contributed by atoms with van der Waals surface area (Å²) >= 11 is 0. The number of hydrogen-bond acceptors (Lipinski definition) is 3. The largest absolute Gasteiger partial charge is 0.360 e. The van der Waals surface area contributed by atoms with Gasteiger partial charge in [0.25, 0.3) is 5.91 Å². The van der Waals surface area contributed by atoms with Crippen LogP contribution in [0.25, 0.3) is 0 Å². The molecule has 0 atom stereocenters. The number of rotatable bonds is 8. The fraction of sp³-hybridized carbons (Fsp3) is 0.385. The van der Waals surface area contributed by atoms with Gasteiger partial charge >= 0.3 is 0 Å². The van der Waals surface area contributed by atoms with Gasteiger partial charge in [-0.1, -0.05) is 55.8 Å². The van der Waals surface area contributed by atoms with Crippen molar-refractivity contribution in [3.05, 3.63) is 77.5 Å². The normalized spacial score (nSPS) is 14.9. The zero-order chi connectivity index (χ0) is 21.2. The summed E-state index contributed by atoms with van der Waals surface area (Å²) in [4.78, 5) is 14.6. The predicted octanol–water partition coefficient (Wildman–Crippen LogP) is 5.33. The van der Waals surface area contributed by atoms with Crippen LogP contribution in [-0.4, -0.2) is 23.9 Å². The first-order valence-electron chi connectivity index (χ1n) is 11.0. The Bertz CT molecular complexity index is 873. The lowest BCUT2D eigenvalue weighted by Gasteiger charge is -2.32. The van der Waals surface area contributed by atoms with Crippen LogP contribution < -0.4 is 5.32 Å². The molecule has 1 fully saturated rings. The van der Waals surface area contributed by atoms with Crippen molar-refractivity contribution in [2.45, 2.75) is 45.4 Å². The van der Waals surface area contributed by atoms with E-state index in [0.29, 0.717) is 19.0 Å². The molecule has 0 unspecified atom stereocenters. The second kappa shape index (κ2) is 11.2. The molecule has 0 bridgehead atoms. The average Bonchev–Trinajstić information content (AvgIpc) is 2.80. The Morgan fingerprint density at radius 3 is 2.43 bits per heavy atom. The highest BCUT2D eigenvalue weighted by molar-refractivity contribution is 5.97. The van der Waals surface area contributed by atoms with Crippen LogP contribution >= 0.6 is 0 Å². The molecule has 1 aliphatic rings. The lowest BCUT2D eigenvalue weighted by atomic mass is 9.90. The molecule has 0 aliphatic carbocycles. The SMILES string of the molecule is CCCCc1ccc(N/C=C(/C#N)C(=O)N2CCC(Cc3ccccc3)CC2)cc1. The van der Waals surface area contributed by atoms with Crippen molar-refractivity contribution in [2.24, 2.45) is 5.92 Å². The van der Waals surface area contributed by atoms with Crippen LogP contribution in [0.15, 0.2) is 66.4 Å². The number of nitrogens with one attached hydrogen (secondary N) is 1. The maximum Gasteiger partial charge on any atom is 0.266 e. The minimum atomic E-state index is -0.178. The molecule has 0 spiro atoms. The van der Waals surface area contributed by atoms with Crippen molar-refractivity contribution >= 4 is 11.6 Å². The van der Waals surface area contributed by atoms with Gasteiger partial charge in [-0.15, -0.1) is 0 Å². The summed E-state index contributed by atoms with van der Waals surface area (Å²) in [5, 5.41) is 12.6. The molecular weight excluding hydrogens is 370 g/mol. The maximum atomic E-state index is 12.8. The van der Waals surface area contributed by atoms with E-state index in [9.17, 15) is 10.1 Å². The molecule has 1 amide bonds. The highest BCUT2D eigenvalue weighted by Gasteiger charge is 2.25. The van der Waals surface area contributed by atoms with E-state index in [0.717, 1.165) is 31.4 Å². The van der Waals surface area contributed by atoms with E-state index in [4.69, 9.17) is 0 Å². The molecule has 1 N–H and O–H groups in total. The summed E-state index contributed by atoms with van der Waals surface area (Å²) in [5.74, 6) is 0.415. The first-order valence-corrected chi connectivity index (χ1v) is 11.0. The number of piperidine rings is 1. The molecule has 30 heavy (non-hydrogen) atoms. The Balaban J connectivity index is 1.51. The van der Waals surface area contributed by atoms with Gasteiger partial charge in [0.1, 0.15) is 11.6 Å². The van der Waals surface area contributed by atoms with Crippen LogP contribution in [0.5, 0.6) is 0 Å². The molecule has 4 nitrogen and oxygen atoms in total. The van der Waals surface area contributed by atoms with Gasteiger partial charge in [-0.25, -0.2) is 0 Å². The second-order valence-electron chi connectivity index (χ2n) is 8.04. The van der Waals surface area contributed by atoms with Crippen molar-refractivity contribution < 1.29 is 4.79 Å². The number of carbonyl (C=O) groups is 1. The van der Waals surface area contributed by atoms with E-state index in [1.165, 1.54) is 24.0 Å². The summed E-state index contributed by atoms with van der Waals surface area (Å²) in [7, 11) is 0. The lowest BCUT2D eigenvalue weighted by molar-refractivity contribution is -0.128. The fourth-order valence-electron chi connectivity index (χ4n) is 3.90. The number of nitrogens with zero attached hydrogens (tertiary/aromatic N) is 2. The number of unbranched alkanes of at least 4 members (excludes halogenated alkanes) is 1. The van der Waals surface area contributed by atoms with Crippen LogP contribution in [0.4, 0.5) is 5.69 Å². The molecule has 2 aromatic carbocycles. The van der Waals surface area contributed by atoms with Gasteiger partial charge in [0.2, 0.25) is 0 Å². The summed E-state index contributed by atoms with van der Waals surface area (Å²) in [6, 6.07) is 20.8. The number of aryl methyl sites for hydroxylation is 1. The van der Waals surface area contributed by atoms with E-state index in [1.807, 2.05) is 23.1 Å². The lowest BCUT2D eigenvalue weighted by Crippen LogP contribution is -2.39. The number of nitriles is 1. The summed E-state index contributed by atoms with van der Waals surface area (Å²) in [6.45, 7) is 3.61. The maximum absolute atomic E-state index is 12.8.